The van der Waals surface area contributed by atoms with E-state index in [1.807, 2.05) is 10.9 Å². The maximum absolute atomic E-state index is 4.37. The summed E-state index contributed by atoms with van der Waals surface area (Å²) in [5.74, 6) is 0. The molecule has 0 amide bonds. The molecule has 88 valence electrons. The third-order valence-corrected chi connectivity index (χ3v) is 3.14. The molecule has 1 aliphatic rings. The molecule has 3 nitrogen and oxygen atoms in total. The predicted octanol–water partition coefficient (Wildman–Crippen LogP) is 2.83. The number of hydrogen-bond acceptors (Lipinski definition) is 2. The molecule has 0 aliphatic heterocycles. The maximum atomic E-state index is 4.37. The van der Waals surface area contributed by atoms with Crippen LogP contribution in [0.15, 0.2) is 24.5 Å². The fraction of sp³-hybridized carbons (Fsp3) is 0.615. The molecule has 0 bridgehead atoms. The van der Waals surface area contributed by atoms with Crippen molar-refractivity contribution in [2.45, 2.75) is 51.7 Å². The molecule has 0 spiro atoms. The first kappa shape index (κ1) is 11.4. The van der Waals surface area contributed by atoms with Gasteiger partial charge in [-0.3, -0.25) is 4.68 Å². The minimum atomic E-state index is 0.386. The lowest BCUT2D eigenvalue weighted by atomic mass is 10.1. The van der Waals surface area contributed by atoms with E-state index in [9.17, 15) is 0 Å². The SMILES string of the molecule is CC(NC1CC=CC1)c1cnn(C(C)C)c1. The summed E-state index contributed by atoms with van der Waals surface area (Å²) in [5.41, 5.74) is 1.28. The molecule has 1 aromatic rings. The lowest BCUT2D eigenvalue weighted by Crippen LogP contribution is -2.28. The number of nitrogens with one attached hydrogen (secondary N) is 1. The van der Waals surface area contributed by atoms with Crippen LogP contribution >= 0.6 is 0 Å². The maximum Gasteiger partial charge on any atom is 0.0537 e. The van der Waals surface area contributed by atoms with Crippen LogP contribution in [0, 0.1) is 0 Å². The minimum Gasteiger partial charge on any atom is -0.307 e. The van der Waals surface area contributed by atoms with E-state index in [0.717, 1.165) is 12.8 Å². The van der Waals surface area contributed by atoms with Crippen LogP contribution < -0.4 is 5.32 Å². The topological polar surface area (TPSA) is 29.9 Å². The van der Waals surface area contributed by atoms with Gasteiger partial charge in [-0.2, -0.15) is 5.10 Å². The van der Waals surface area contributed by atoms with Gasteiger partial charge in [0, 0.05) is 29.9 Å². The van der Waals surface area contributed by atoms with E-state index in [-0.39, 0.29) is 0 Å². The lowest BCUT2D eigenvalue weighted by Gasteiger charge is -2.18. The molecule has 1 heterocycles. The van der Waals surface area contributed by atoms with Gasteiger partial charge in [0.1, 0.15) is 0 Å². The summed E-state index contributed by atoms with van der Waals surface area (Å²) in [6, 6.07) is 1.43. The van der Waals surface area contributed by atoms with E-state index in [1.54, 1.807) is 0 Å². The Labute approximate surface area is 97.5 Å². The largest absolute Gasteiger partial charge is 0.307 e. The van der Waals surface area contributed by atoms with Crippen molar-refractivity contribution < 1.29 is 0 Å². The normalized spacial score (nSPS) is 18.5. The van der Waals surface area contributed by atoms with Crippen LogP contribution in [-0.4, -0.2) is 15.8 Å². The van der Waals surface area contributed by atoms with Crippen molar-refractivity contribution in [3.63, 3.8) is 0 Å². The Kier molecular flexibility index (Phi) is 3.44. The Bertz CT molecular complexity index is 357. The summed E-state index contributed by atoms with van der Waals surface area (Å²) in [6.45, 7) is 6.51. The van der Waals surface area contributed by atoms with Gasteiger partial charge in [-0.15, -0.1) is 0 Å². The van der Waals surface area contributed by atoms with Crippen LogP contribution in [0.3, 0.4) is 0 Å². The smallest absolute Gasteiger partial charge is 0.0537 e. The first-order valence-electron chi connectivity index (χ1n) is 6.12. The van der Waals surface area contributed by atoms with Crippen LogP contribution in [0.1, 0.15) is 51.3 Å². The summed E-state index contributed by atoms with van der Waals surface area (Å²) in [6.07, 6.45) is 10.9. The number of nitrogens with zero attached hydrogens (tertiary/aromatic N) is 2. The molecule has 0 aromatic carbocycles. The molecule has 1 aliphatic carbocycles. The zero-order valence-electron chi connectivity index (χ0n) is 10.4. The van der Waals surface area contributed by atoms with Crippen molar-refractivity contribution in [1.29, 1.82) is 0 Å². The minimum absolute atomic E-state index is 0.386. The summed E-state index contributed by atoms with van der Waals surface area (Å²) in [7, 11) is 0. The van der Waals surface area contributed by atoms with Gasteiger partial charge in [0.15, 0.2) is 0 Å². The van der Waals surface area contributed by atoms with Gasteiger partial charge >= 0.3 is 0 Å². The Hall–Kier alpha value is -1.09. The Morgan fingerprint density at radius 3 is 2.56 bits per heavy atom. The van der Waals surface area contributed by atoms with E-state index in [0.29, 0.717) is 18.1 Å². The molecule has 0 saturated carbocycles. The summed E-state index contributed by atoms with van der Waals surface area (Å²) in [4.78, 5) is 0. The number of rotatable bonds is 4. The van der Waals surface area contributed by atoms with Gasteiger partial charge in [-0.05, 0) is 33.6 Å². The highest BCUT2D eigenvalue weighted by atomic mass is 15.3. The zero-order valence-corrected chi connectivity index (χ0v) is 10.4. The predicted molar refractivity (Wildman–Crippen MR) is 66.3 cm³/mol. The molecule has 0 saturated heterocycles. The van der Waals surface area contributed by atoms with Crippen molar-refractivity contribution in [2.24, 2.45) is 0 Å². The monoisotopic (exact) mass is 219 g/mol. The molecular weight excluding hydrogens is 198 g/mol. The quantitative estimate of drug-likeness (QED) is 0.789. The van der Waals surface area contributed by atoms with Gasteiger partial charge in [0.25, 0.3) is 0 Å². The van der Waals surface area contributed by atoms with Crippen LogP contribution in [-0.2, 0) is 0 Å². The third kappa shape index (κ3) is 2.53. The molecule has 1 aromatic heterocycles. The first-order valence-corrected chi connectivity index (χ1v) is 6.12. The lowest BCUT2D eigenvalue weighted by molar-refractivity contribution is 0.470. The first-order chi connectivity index (χ1) is 7.66. The van der Waals surface area contributed by atoms with Crippen LogP contribution in [0.4, 0.5) is 0 Å². The van der Waals surface area contributed by atoms with E-state index in [1.165, 1.54) is 5.56 Å². The third-order valence-electron chi connectivity index (χ3n) is 3.14. The number of aromatic nitrogens is 2. The fourth-order valence-corrected chi connectivity index (χ4v) is 2.06. The van der Waals surface area contributed by atoms with Gasteiger partial charge in [-0.25, -0.2) is 0 Å². The van der Waals surface area contributed by atoms with Gasteiger partial charge in [0.05, 0.1) is 6.20 Å². The standard InChI is InChI=1S/C13H21N3/c1-10(2)16-9-12(8-14-16)11(3)15-13-6-4-5-7-13/h4-5,8-11,13,15H,6-7H2,1-3H3. The second-order valence-electron chi connectivity index (χ2n) is 4.88. The highest BCUT2D eigenvalue weighted by Crippen LogP contribution is 2.18. The summed E-state index contributed by atoms with van der Waals surface area (Å²) >= 11 is 0. The van der Waals surface area contributed by atoms with E-state index in [2.05, 4.69) is 49.5 Å². The molecule has 1 unspecified atom stereocenters. The fourth-order valence-electron chi connectivity index (χ4n) is 2.06. The average Bonchev–Trinajstić information content (AvgIpc) is 2.86. The molecular formula is C13H21N3. The van der Waals surface area contributed by atoms with E-state index in [4.69, 9.17) is 0 Å². The van der Waals surface area contributed by atoms with E-state index < -0.39 is 0 Å². The van der Waals surface area contributed by atoms with Crippen molar-refractivity contribution >= 4 is 0 Å². The van der Waals surface area contributed by atoms with Gasteiger partial charge < -0.3 is 5.32 Å². The zero-order chi connectivity index (χ0) is 11.5. The number of hydrogen-bond donors (Lipinski definition) is 1. The highest BCUT2D eigenvalue weighted by molar-refractivity contribution is 5.11. The molecule has 1 N–H and O–H groups in total. The van der Waals surface area contributed by atoms with E-state index >= 15 is 0 Å². The van der Waals surface area contributed by atoms with Crippen molar-refractivity contribution in [3.8, 4) is 0 Å². The molecule has 0 fully saturated rings. The van der Waals surface area contributed by atoms with Crippen LogP contribution in [0.5, 0.6) is 0 Å². The Morgan fingerprint density at radius 1 is 1.31 bits per heavy atom. The molecule has 16 heavy (non-hydrogen) atoms. The molecule has 3 heteroatoms. The highest BCUT2D eigenvalue weighted by Gasteiger charge is 2.15. The van der Waals surface area contributed by atoms with Crippen LogP contribution in [0.2, 0.25) is 0 Å². The summed E-state index contributed by atoms with van der Waals surface area (Å²) < 4.78 is 2.01. The second kappa shape index (κ2) is 4.83. The van der Waals surface area contributed by atoms with Gasteiger partial charge in [-0.1, -0.05) is 12.2 Å². The van der Waals surface area contributed by atoms with Crippen molar-refractivity contribution in [3.05, 3.63) is 30.1 Å². The molecule has 1 atom stereocenters. The Balaban J connectivity index is 1.94. The van der Waals surface area contributed by atoms with Gasteiger partial charge in [0.2, 0.25) is 0 Å². The van der Waals surface area contributed by atoms with Crippen molar-refractivity contribution in [1.82, 2.24) is 15.1 Å². The Morgan fingerprint density at radius 2 is 2.00 bits per heavy atom. The second-order valence-corrected chi connectivity index (χ2v) is 4.88. The van der Waals surface area contributed by atoms with Crippen LogP contribution in [0.25, 0.3) is 0 Å². The molecule has 0 radical (unpaired) electrons. The average molecular weight is 219 g/mol. The van der Waals surface area contributed by atoms with Crippen molar-refractivity contribution in [2.75, 3.05) is 0 Å². The molecule has 2 rings (SSSR count). The summed E-state index contributed by atoms with van der Waals surface area (Å²) in [5, 5.41) is 8.00.